The van der Waals surface area contributed by atoms with E-state index < -0.39 is 11.7 Å². The molecule has 5 heteroatoms. The maximum absolute atomic E-state index is 12.8. The Morgan fingerprint density at radius 1 is 0.955 bits per heavy atom. The van der Waals surface area contributed by atoms with E-state index in [2.05, 4.69) is 4.98 Å². The Morgan fingerprint density at radius 2 is 1.77 bits per heavy atom. The molecule has 0 aliphatic rings. The average molecular weight is 302 g/mol. The molecule has 2 N–H and O–H groups in total. The second-order valence-corrected chi connectivity index (χ2v) is 5.03. The first-order chi connectivity index (χ1) is 10.5. The van der Waals surface area contributed by atoms with Gasteiger partial charge in [0.1, 0.15) is 0 Å². The van der Waals surface area contributed by atoms with E-state index >= 15 is 0 Å². The Balaban J connectivity index is 2.10. The lowest BCUT2D eigenvalue weighted by Crippen LogP contribution is -2.04. The van der Waals surface area contributed by atoms with Gasteiger partial charge in [-0.15, -0.1) is 0 Å². The van der Waals surface area contributed by atoms with Crippen molar-refractivity contribution in [1.82, 2.24) is 4.98 Å². The summed E-state index contributed by atoms with van der Waals surface area (Å²) in [5.74, 6) is 0. The van der Waals surface area contributed by atoms with Crippen LogP contribution in [0.2, 0.25) is 0 Å². The predicted octanol–water partition coefficient (Wildman–Crippen LogP) is 4.38. The monoisotopic (exact) mass is 302 g/mol. The van der Waals surface area contributed by atoms with Crippen molar-refractivity contribution in [1.29, 1.82) is 0 Å². The molecule has 2 aromatic carbocycles. The van der Waals surface area contributed by atoms with Crippen LogP contribution >= 0.6 is 0 Å². The SMILES string of the molecule is NCc1ccc2ncc(-c3cccc(C(F)(F)F)c3)cc2c1. The van der Waals surface area contributed by atoms with Crippen LogP contribution in [0.15, 0.2) is 54.7 Å². The van der Waals surface area contributed by atoms with Crippen LogP contribution in [0.4, 0.5) is 13.2 Å². The molecular weight excluding hydrogens is 289 g/mol. The van der Waals surface area contributed by atoms with Gasteiger partial charge in [-0.25, -0.2) is 0 Å². The molecule has 112 valence electrons. The number of fused-ring (bicyclic) bond motifs is 1. The Morgan fingerprint density at radius 3 is 2.50 bits per heavy atom. The lowest BCUT2D eigenvalue weighted by molar-refractivity contribution is -0.137. The van der Waals surface area contributed by atoms with Gasteiger partial charge >= 0.3 is 6.18 Å². The third kappa shape index (κ3) is 2.80. The molecule has 0 saturated heterocycles. The quantitative estimate of drug-likeness (QED) is 0.763. The van der Waals surface area contributed by atoms with E-state index in [0.29, 0.717) is 17.7 Å². The Hall–Kier alpha value is -2.40. The number of benzene rings is 2. The zero-order valence-corrected chi connectivity index (χ0v) is 11.6. The average Bonchev–Trinajstić information content (AvgIpc) is 2.53. The summed E-state index contributed by atoms with van der Waals surface area (Å²) in [5, 5.41) is 0.859. The zero-order valence-electron chi connectivity index (χ0n) is 11.6. The summed E-state index contributed by atoms with van der Waals surface area (Å²) in [5.41, 5.74) is 7.82. The van der Waals surface area contributed by atoms with Gasteiger partial charge in [0.2, 0.25) is 0 Å². The predicted molar refractivity (Wildman–Crippen MR) is 80.1 cm³/mol. The second kappa shape index (κ2) is 5.42. The maximum Gasteiger partial charge on any atom is 0.416 e. The van der Waals surface area contributed by atoms with Crippen LogP contribution in [0, 0.1) is 0 Å². The van der Waals surface area contributed by atoms with Gasteiger partial charge in [0.15, 0.2) is 0 Å². The summed E-state index contributed by atoms with van der Waals surface area (Å²) < 4.78 is 38.4. The van der Waals surface area contributed by atoms with Gasteiger partial charge < -0.3 is 5.73 Å². The normalized spacial score (nSPS) is 11.8. The smallest absolute Gasteiger partial charge is 0.326 e. The molecule has 22 heavy (non-hydrogen) atoms. The lowest BCUT2D eigenvalue weighted by Gasteiger charge is -2.09. The van der Waals surface area contributed by atoms with Crippen LogP contribution in [0.5, 0.6) is 0 Å². The molecule has 3 aromatic rings. The van der Waals surface area contributed by atoms with E-state index in [1.54, 1.807) is 12.3 Å². The molecule has 3 rings (SSSR count). The Kier molecular flexibility index (Phi) is 3.58. The van der Waals surface area contributed by atoms with E-state index in [1.165, 1.54) is 6.07 Å². The van der Waals surface area contributed by atoms with Crippen LogP contribution in [0.25, 0.3) is 22.0 Å². The fourth-order valence-electron chi connectivity index (χ4n) is 2.34. The van der Waals surface area contributed by atoms with Crippen molar-refractivity contribution in [2.24, 2.45) is 5.73 Å². The minimum absolute atomic E-state index is 0.406. The number of nitrogens with two attached hydrogens (primary N) is 1. The van der Waals surface area contributed by atoms with Crippen LogP contribution in [0.1, 0.15) is 11.1 Å². The molecule has 1 heterocycles. The van der Waals surface area contributed by atoms with Crippen LogP contribution in [-0.2, 0) is 12.7 Å². The summed E-state index contributed by atoms with van der Waals surface area (Å²) in [4.78, 5) is 4.30. The van der Waals surface area contributed by atoms with Crippen molar-refractivity contribution in [3.05, 3.63) is 65.9 Å². The first-order valence-electron chi connectivity index (χ1n) is 6.74. The molecule has 0 bridgehead atoms. The molecular formula is C17H13F3N2. The summed E-state index contributed by atoms with van der Waals surface area (Å²) in [7, 11) is 0. The fraction of sp³-hybridized carbons (Fsp3) is 0.118. The van der Waals surface area contributed by atoms with Crippen molar-refractivity contribution in [2.75, 3.05) is 0 Å². The summed E-state index contributed by atoms with van der Waals surface area (Å²) >= 11 is 0. The highest BCUT2D eigenvalue weighted by Crippen LogP contribution is 2.32. The molecule has 0 saturated carbocycles. The molecule has 0 atom stereocenters. The van der Waals surface area contributed by atoms with Crippen molar-refractivity contribution >= 4 is 10.9 Å². The summed E-state index contributed by atoms with van der Waals surface area (Å²) in [6.07, 6.45) is -2.77. The van der Waals surface area contributed by atoms with Gasteiger partial charge in [-0.1, -0.05) is 18.2 Å². The third-order valence-electron chi connectivity index (χ3n) is 3.50. The summed E-state index contributed by atoms with van der Waals surface area (Å²) in [6, 6.07) is 12.7. The third-order valence-corrected chi connectivity index (χ3v) is 3.50. The lowest BCUT2D eigenvalue weighted by atomic mass is 10.0. The molecule has 0 aliphatic heterocycles. The van der Waals surface area contributed by atoms with Crippen LogP contribution < -0.4 is 5.73 Å². The molecule has 0 amide bonds. The number of hydrogen-bond acceptors (Lipinski definition) is 2. The van der Waals surface area contributed by atoms with E-state index in [0.717, 1.165) is 28.6 Å². The van der Waals surface area contributed by atoms with Gasteiger partial charge in [-0.3, -0.25) is 4.98 Å². The van der Waals surface area contributed by atoms with E-state index in [1.807, 2.05) is 24.3 Å². The van der Waals surface area contributed by atoms with Gasteiger partial charge in [0, 0.05) is 23.7 Å². The van der Waals surface area contributed by atoms with Crippen LogP contribution in [0.3, 0.4) is 0 Å². The number of aromatic nitrogens is 1. The highest BCUT2D eigenvalue weighted by atomic mass is 19.4. The first-order valence-corrected chi connectivity index (χ1v) is 6.74. The molecule has 1 aromatic heterocycles. The molecule has 0 fully saturated rings. The number of hydrogen-bond donors (Lipinski definition) is 1. The fourth-order valence-corrected chi connectivity index (χ4v) is 2.34. The van der Waals surface area contributed by atoms with Gasteiger partial charge in [0.05, 0.1) is 11.1 Å². The number of alkyl halides is 3. The first kappa shape index (κ1) is 14.5. The van der Waals surface area contributed by atoms with Crippen molar-refractivity contribution in [2.45, 2.75) is 12.7 Å². The standard InChI is InChI=1S/C17H13F3N2/c18-17(19,20)15-3-1-2-12(8-15)14-7-13-6-11(9-21)4-5-16(13)22-10-14/h1-8,10H,9,21H2. The van der Waals surface area contributed by atoms with Crippen molar-refractivity contribution < 1.29 is 13.2 Å². The summed E-state index contributed by atoms with van der Waals surface area (Å²) in [6.45, 7) is 0.406. The zero-order chi connectivity index (χ0) is 15.7. The Labute approximate surface area is 125 Å². The molecule has 0 aliphatic carbocycles. The maximum atomic E-state index is 12.8. The second-order valence-electron chi connectivity index (χ2n) is 5.03. The largest absolute Gasteiger partial charge is 0.416 e. The van der Waals surface area contributed by atoms with Crippen LogP contribution in [-0.4, -0.2) is 4.98 Å². The van der Waals surface area contributed by atoms with E-state index in [4.69, 9.17) is 5.73 Å². The topological polar surface area (TPSA) is 38.9 Å². The number of nitrogens with zero attached hydrogens (tertiary/aromatic N) is 1. The van der Waals surface area contributed by atoms with E-state index in [9.17, 15) is 13.2 Å². The highest BCUT2D eigenvalue weighted by molar-refractivity contribution is 5.84. The molecule has 2 nitrogen and oxygen atoms in total. The molecule has 0 spiro atoms. The molecule has 0 radical (unpaired) electrons. The van der Waals surface area contributed by atoms with E-state index in [-0.39, 0.29) is 0 Å². The minimum Gasteiger partial charge on any atom is -0.326 e. The van der Waals surface area contributed by atoms with Crippen molar-refractivity contribution in [3.63, 3.8) is 0 Å². The number of pyridine rings is 1. The minimum atomic E-state index is -4.35. The number of rotatable bonds is 2. The Bertz CT molecular complexity index is 825. The number of halogens is 3. The molecule has 0 unspecified atom stereocenters. The van der Waals surface area contributed by atoms with Gasteiger partial charge in [-0.05, 0) is 41.5 Å². The van der Waals surface area contributed by atoms with Gasteiger partial charge in [-0.2, -0.15) is 13.2 Å². The van der Waals surface area contributed by atoms with Crippen molar-refractivity contribution in [3.8, 4) is 11.1 Å². The highest BCUT2D eigenvalue weighted by Gasteiger charge is 2.30. The van der Waals surface area contributed by atoms with Gasteiger partial charge in [0.25, 0.3) is 0 Å².